The van der Waals surface area contributed by atoms with Crippen LogP contribution in [-0.4, -0.2) is 48.1 Å². The number of carboxylic acids is 1. The van der Waals surface area contributed by atoms with Gasteiger partial charge < -0.3 is 15.2 Å². The summed E-state index contributed by atoms with van der Waals surface area (Å²) < 4.78 is 28.1. The fourth-order valence-corrected chi connectivity index (χ4v) is 1.47. The molecule has 1 atom stereocenters. The number of hydrogen-bond donors (Lipinski definition) is 2. The van der Waals surface area contributed by atoms with E-state index in [0.717, 1.165) is 0 Å². The zero-order valence-electron chi connectivity index (χ0n) is 12.0. The summed E-state index contributed by atoms with van der Waals surface area (Å²) in [5.74, 6) is -1.45. The molecule has 0 aliphatic heterocycles. The van der Waals surface area contributed by atoms with Crippen molar-refractivity contribution >= 4 is 30.0 Å². The standard InChI is InChI=1S/C13H16F2N2O4.ClH/c1-8(12(19)20)17(2)7-11(18)16-9-3-5-10(6-4-9)21-13(14)15;/h3-6,8,13H,7H2,1-2H3,(H,16,18)(H,19,20);1H. The number of rotatable bonds is 7. The minimum absolute atomic E-state index is 0. The number of nitrogens with zero attached hydrogens (tertiary/aromatic N) is 1. The van der Waals surface area contributed by atoms with Crippen molar-refractivity contribution in [1.82, 2.24) is 4.90 Å². The largest absolute Gasteiger partial charge is 0.480 e. The van der Waals surface area contributed by atoms with Crippen LogP contribution in [0.4, 0.5) is 14.5 Å². The summed E-state index contributed by atoms with van der Waals surface area (Å²) in [6.45, 7) is -1.55. The number of likely N-dealkylation sites (N-methyl/N-ethyl adjacent to an activating group) is 1. The highest BCUT2D eigenvalue weighted by Gasteiger charge is 2.19. The third-order valence-electron chi connectivity index (χ3n) is 2.77. The molecule has 0 spiro atoms. The normalized spacial score (nSPS) is 11.7. The predicted octanol–water partition coefficient (Wildman–Crippen LogP) is 2.05. The maximum Gasteiger partial charge on any atom is 0.387 e. The number of anilines is 1. The first-order chi connectivity index (χ1) is 9.79. The van der Waals surface area contributed by atoms with E-state index < -0.39 is 24.5 Å². The third-order valence-corrected chi connectivity index (χ3v) is 2.77. The lowest BCUT2D eigenvalue weighted by Crippen LogP contribution is -2.40. The van der Waals surface area contributed by atoms with Crippen LogP contribution < -0.4 is 10.1 Å². The van der Waals surface area contributed by atoms with Gasteiger partial charge in [0.15, 0.2) is 0 Å². The summed E-state index contributed by atoms with van der Waals surface area (Å²) in [6, 6.07) is 4.63. The van der Waals surface area contributed by atoms with Gasteiger partial charge in [0, 0.05) is 5.69 Å². The molecule has 0 aliphatic rings. The molecule has 1 aromatic carbocycles. The van der Waals surface area contributed by atoms with Crippen LogP contribution in [0.1, 0.15) is 6.92 Å². The molecule has 0 saturated heterocycles. The molecule has 2 N–H and O–H groups in total. The van der Waals surface area contributed by atoms with Gasteiger partial charge in [0.25, 0.3) is 0 Å². The Morgan fingerprint density at radius 1 is 1.32 bits per heavy atom. The Morgan fingerprint density at radius 2 is 1.86 bits per heavy atom. The Morgan fingerprint density at radius 3 is 2.32 bits per heavy atom. The highest BCUT2D eigenvalue weighted by Crippen LogP contribution is 2.17. The Bertz CT molecular complexity index is 499. The van der Waals surface area contributed by atoms with Crippen LogP contribution in [0.25, 0.3) is 0 Å². The molecular weight excluding hydrogens is 322 g/mol. The van der Waals surface area contributed by atoms with Crippen LogP contribution in [0.5, 0.6) is 5.75 Å². The molecule has 0 aliphatic carbocycles. The second-order valence-electron chi connectivity index (χ2n) is 4.38. The maximum atomic E-state index is 12.0. The van der Waals surface area contributed by atoms with Gasteiger partial charge in [-0.1, -0.05) is 0 Å². The first-order valence-corrected chi connectivity index (χ1v) is 6.07. The fourth-order valence-electron chi connectivity index (χ4n) is 1.47. The summed E-state index contributed by atoms with van der Waals surface area (Å²) in [5.41, 5.74) is 0.401. The van der Waals surface area contributed by atoms with Crippen LogP contribution >= 0.6 is 12.4 Å². The van der Waals surface area contributed by atoms with Crippen molar-refractivity contribution in [2.75, 3.05) is 18.9 Å². The van der Waals surface area contributed by atoms with Crippen molar-refractivity contribution < 1.29 is 28.2 Å². The lowest BCUT2D eigenvalue weighted by Gasteiger charge is -2.20. The van der Waals surface area contributed by atoms with Crippen molar-refractivity contribution in [1.29, 1.82) is 0 Å². The average Bonchev–Trinajstić information content (AvgIpc) is 2.39. The Hall–Kier alpha value is -1.93. The number of ether oxygens (including phenoxy) is 1. The molecule has 9 heteroatoms. The minimum atomic E-state index is -2.91. The lowest BCUT2D eigenvalue weighted by atomic mass is 10.3. The number of amides is 1. The van der Waals surface area contributed by atoms with Crippen molar-refractivity contribution in [2.24, 2.45) is 0 Å². The Labute approximate surface area is 132 Å². The number of carbonyl (C=O) groups is 2. The van der Waals surface area contributed by atoms with E-state index in [1.807, 2.05) is 0 Å². The van der Waals surface area contributed by atoms with Crippen LogP contribution in [-0.2, 0) is 9.59 Å². The zero-order chi connectivity index (χ0) is 16.0. The van der Waals surface area contributed by atoms with E-state index in [1.54, 1.807) is 0 Å². The molecule has 0 fully saturated rings. The highest BCUT2D eigenvalue weighted by atomic mass is 35.5. The molecule has 1 amide bonds. The quantitative estimate of drug-likeness (QED) is 0.795. The minimum Gasteiger partial charge on any atom is -0.480 e. The molecule has 1 unspecified atom stereocenters. The van der Waals surface area contributed by atoms with Crippen LogP contribution in [0, 0.1) is 0 Å². The molecule has 1 aromatic rings. The number of carbonyl (C=O) groups excluding carboxylic acids is 1. The number of nitrogens with one attached hydrogen (secondary N) is 1. The van der Waals surface area contributed by atoms with Gasteiger partial charge in [-0.25, -0.2) is 0 Å². The number of benzene rings is 1. The topological polar surface area (TPSA) is 78.9 Å². The Kier molecular flexibility index (Phi) is 8.36. The number of hydrogen-bond acceptors (Lipinski definition) is 4. The van der Waals surface area contributed by atoms with Crippen molar-refractivity contribution in [3.8, 4) is 5.75 Å². The molecule has 0 saturated carbocycles. The van der Waals surface area contributed by atoms with E-state index >= 15 is 0 Å². The molecule has 22 heavy (non-hydrogen) atoms. The molecule has 124 valence electrons. The molecular formula is C13H17ClF2N2O4. The number of alkyl halides is 2. The molecule has 0 aromatic heterocycles. The van der Waals surface area contributed by atoms with E-state index in [9.17, 15) is 18.4 Å². The molecule has 0 bridgehead atoms. The van der Waals surface area contributed by atoms with E-state index in [1.165, 1.54) is 43.1 Å². The van der Waals surface area contributed by atoms with Gasteiger partial charge in [0.05, 0.1) is 6.54 Å². The lowest BCUT2D eigenvalue weighted by molar-refractivity contribution is -0.142. The summed E-state index contributed by atoms with van der Waals surface area (Å²) in [7, 11) is 1.51. The molecule has 0 radical (unpaired) electrons. The van der Waals surface area contributed by atoms with E-state index in [4.69, 9.17) is 5.11 Å². The van der Waals surface area contributed by atoms with Gasteiger partial charge in [-0.2, -0.15) is 8.78 Å². The van der Waals surface area contributed by atoms with Crippen molar-refractivity contribution in [3.63, 3.8) is 0 Å². The van der Waals surface area contributed by atoms with E-state index in [2.05, 4.69) is 10.1 Å². The highest BCUT2D eigenvalue weighted by molar-refractivity contribution is 5.92. The molecule has 6 nitrogen and oxygen atoms in total. The zero-order valence-corrected chi connectivity index (χ0v) is 12.8. The monoisotopic (exact) mass is 338 g/mol. The number of carboxylic acid groups (broad SMARTS) is 1. The summed E-state index contributed by atoms with van der Waals surface area (Å²) >= 11 is 0. The fraction of sp³-hybridized carbons (Fsp3) is 0.385. The van der Waals surface area contributed by atoms with Crippen molar-refractivity contribution in [3.05, 3.63) is 24.3 Å². The molecule has 1 rings (SSSR count). The van der Waals surface area contributed by atoms with Gasteiger partial charge in [0.2, 0.25) is 5.91 Å². The van der Waals surface area contributed by atoms with Gasteiger partial charge in [-0.05, 0) is 38.2 Å². The van der Waals surface area contributed by atoms with Gasteiger partial charge in [-0.3, -0.25) is 14.5 Å². The third kappa shape index (κ3) is 6.68. The summed E-state index contributed by atoms with van der Waals surface area (Å²) in [5, 5.41) is 11.3. The van der Waals surface area contributed by atoms with E-state index in [0.29, 0.717) is 5.69 Å². The predicted molar refractivity (Wildman–Crippen MR) is 78.7 cm³/mol. The first-order valence-electron chi connectivity index (χ1n) is 6.07. The summed E-state index contributed by atoms with van der Waals surface area (Å²) in [6.07, 6.45) is 0. The second-order valence-corrected chi connectivity index (χ2v) is 4.38. The Balaban J connectivity index is 0.00000441. The van der Waals surface area contributed by atoms with Crippen molar-refractivity contribution in [2.45, 2.75) is 19.6 Å². The van der Waals surface area contributed by atoms with Gasteiger partial charge in [-0.15, -0.1) is 12.4 Å². The van der Waals surface area contributed by atoms with E-state index in [-0.39, 0.29) is 24.7 Å². The second kappa shape index (κ2) is 9.16. The van der Waals surface area contributed by atoms with Crippen LogP contribution in [0.2, 0.25) is 0 Å². The SMILES string of the molecule is CC(C(=O)O)N(C)CC(=O)Nc1ccc(OC(F)F)cc1.Cl. The number of aliphatic carboxylic acids is 1. The van der Waals surface area contributed by atoms with Gasteiger partial charge >= 0.3 is 12.6 Å². The summed E-state index contributed by atoms with van der Waals surface area (Å²) in [4.78, 5) is 23.8. The number of halogens is 3. The van der Waals surface area contributed by atoms with Gasteiger partial charge in [0.1, 0.15) is 11.8 Å². The first kappa shape index (κ1) is 20.1. The maximum absolute atomic E-state index is 12.0. The van der Waals surface area contributed by atoms with Crippen LogP contribution in [0.3, 0.4) is 0 Å². The van der Waals surface area contributed by atoms with Crippen LogP contribution in [0.15, 0.2) is 24.3 Å². The average molecular weight is 339 g/mol. The smallest absolute Gasteiger partial charge is 0.387 e. The molecule has 0 heterocycles.